The fraction of sp³-hybridized carbons (Fsp3) is 0.875. The third kappa shape index (κ3) is 3.93. The van der Waals surface area contributed by atoms with Crippen LogP contribution in [0.15, 0.2) is 0 Å². The van der Waals surface area contributed by atoms with E-state index in [1.165, 1.54) is 0 Å². The van der Waals surface area contributed by atoms with Crippen molar-refractivity contribution < 1.29 is 14.3 Å². The fourth-order valence-electron chi connectivity index (χ4n) is 1.01. The number of hydrogen-bond acceptors (Lipinski definition) is 3. The number of carbonyl (C=O) groups excluding carboxylic acids is 1. The molecule has 0 aliphatic carbocycles. The second-order valence-electron chi connectivity index (χ2n) is 2.93. The van der Waals surface area contributed by atoms with E-state index in [4.69, 9.17) is 21.1 Å². The third-order valence-corrected chi connectivity index (χ3v) is 1.95. The lowest BCUT2D eigenvalue weighted by Gasteiger charge is -2.23. The molecule has 0 aromatic heterocycles. The van der Waals surface area contributed by atoms with Crippen LogP contribution in [-0.4, -0.2) is 43.8 Å². The Morgan fingerprint density at radius 2 is 2.46 bits per heavy atom. The first-order valence-electron chi connectivity index (χ1n) is 4.31. The van der Waals surface area contributed by atoms with Crippen LogP contribution in [0, 0.1) is 0 Å². The molecule has 13 heavy (non-hydrogen) atoms. The highest BCUT2D eigenvalue weighted by molar-refractivity contribution is 6.30. The molecule has 1 aliphatic heterocycles. The highest BCUT2D eigenvalue weighted by atomic mass is 35.5. The molecule has 76 valence electrons. The molecule has 1 aliphatic rings. The van der Waals surface area contributed by atoms with Gasteiger partial charge in [0.25, 0.3) is 0 Å². The van der Waals surface area contributed by atoms with Crippen LogP contribution in [0.4, 0.5) is 0 Å². The zero-order chi connectivity index (χ0) is 9.68. The third-order valence-electron chi connectivity index (χ3n) is 1.75. The number of nitrogens with one attached hydrogen (secondary N) is 1. The molecule has 1 heterocycles. The van der Waals surface area contributed by atoms with Gasteiger partial charge in [-0.2, -0.15) is 0 Å². The Kier molecular flexibility index (Phi) is 4.48. The van der Waals surface area contributed by atoms with Gasteiger partial charge in [-0.25, -0.2) is 0 Å². The van der Waals surface area contributed by atoms with E-state index in [2.05, 4.69) is 5.32 Å². The molecular weight excluding hydrogens is 194 g/mol. The summed E-state index contributed by atoms with van der Waals surface area (Å²) in [6, 6.07) is 0. The lowest BCUT2D eigenvalue weighted by molar-refractivity contribution is -0.123. The summed E-state index contributed by atoms with van der Waals surface area (Å²) in [6.07, 6.45) is -0.0342. The van der Waals surface area contributed by atoms with Crippen LogP contribution in [0.2, 0.25) is 0 Å². The Bertz CT molecular complexity index is 169. The summed E-state index contributed by atoms with van der Waals surface area (Å²) in [7, 11) is 0. The fourth-order valence-corrected chi connectivity index (χ4v) is 1.09. The number of alkyl halides is 1. The van der Waals surface area contributed by atoms with Gasteiger partial charge in [0, 0.05) is 6.54 Å². The standard InChI is InChI=1S/C8H14ClNO3/c1-6(9)8(11)10-4-7-5-12-2-3-13-7/h6-7H,2-5H2,1H3,(H,10,11). The molecule has 1 amide bonds. The maximum atomic E-state index is 11.0. The minimum atomic E-state index is -0.496. The largest absolute Gasteiger partial charge is 0.376 e. The lowest BCUT2D eigenvalue weighted by Crippen LogP contribution is -2.41. The number of halogens is 1. The van der Waals surface area contributed by atoms with Crippen LogP contribution in [0.1, 0.15) is 6.92 Å². The molecule has 1 fully saturated rings. The number of carbonyl (C=O) groups is 1. The predicted molar refractivity (Wildman–Crippen MR) is 48.9 cm³/mol. The molecule has 2 unspecified atom stereocenters. The molecule has 0 spiro atoms. The van der Waals surface area contributed by atoms with Crippen molar-refractivity contribution in [2.24, 2.45) is 0 Å². The van der Waals surface area contributed by atoms with Gasteiger partial charge in [0.05, 0.1) is 25.9 Å². The molecule has 1 saturated heterocycles. The van der Waals surface area contributed by atoms with Crippen LogP contribution in [-0.2, 0) is 14.3 Å². The van der Waals surface area contributed by atoms with E-state index in [-0.39, 0.29) is 12.0 Å². The van der Waals surface area contributed by atoms with Gasteiger partial charge in [-0.15, -0.1) is 11.6 Å². The molecule has 2 atom stereocenters. The van der Waals surface area contributed by atoms with E-state index >= 15 is 0 Å². The van der Waals surface area contributed by atoms with Gasteiger partial charge < -0.3 is 14.8 Å². The Morgan fingerprint density at radius 3 is 3.00 bits per heavy atom. The second-order valence-corrected chi connectivity index (χ2v) is 3.58. The summed E-state index contributed by atoms with van der Waals surface area (Å²) in [4.78, 5) is 11.0. The zero-order valence-electron chi connectivity index (χ0n) is 7.59. The minimum Gasteiger partial charge on any atom is -0.376 e. The van der Waals surface area contributed by atoms with Gasteiger partial charge in [-0.05, 0) is 6.92 Å². The van der Waals surface area contributed by atoms with E-state index in [0.717, 1.165) is 0 Å². The summed E-state index contributed by atoms with van der Waals surface area (Å²) in [5.41, 5.74) is 0. The van der Waals surface area contributed by atoms with E-state index in [9.17, 15) is 4.79 Å². The van der Waals surface area contributed by atoms with Gasteiger partial charge in [0.1, 0.15) is 5.38 Å². The average molecular weight is 208 g/mol. The lowest BCUT2D eigenvalue weighted by atomic mass is 10.3. The van der Waals surface area contributed by atoms with E-state index in [1.807, 2.05) is 0 Å². The Balaban J connectivity index is 2.13. The first kappa shape index (κ1) is 10.8. The highest BCUT2D eigenvalue weighted by Crippen LogP contribution is 1.99. The average Bonchev–Trinajstić information content (AvgIpc) is 2.15. The molecule has 0 saturated carbocycles. The predicted octanol–water partition coefficient (Wildman–Crippen LogP) is 0.145. The first-order valence-corrected chi connectivity index (χ1v) is 4.75. The van der Waals surface area contributed by atoms with Crippen molar-refractivity contribution in [1.82, 2.24) is 5.32 Å². The molecular formula is C8H14ClNO3. The summed E-state index contributed by atoms with van der Waals surface area (Å²) < 4.78 is 10.5. The maximum absolute atomic E-state index is 11.0. The van der Waals surface area contributed by atoms with Crippen molar-refractivity contribution in [3.05, 3.63) is 0 Å². The minimum absolute atomic E-state index is 0.0342. The van der Waals surface area contributed by atoms with E-state index in [1.54, 1.807) is 6.92 Å². The van der Waals surface area contributed by atoms with E-state index in [0.29, 0.717) is 26.4 Å². The van der Waals surface area contributed by atoms with Crippen LogP contribution in [0.3, 0.4) is 0 Å². The van der Waals surface area contributed by atoms with Crippen molar-refractivity contribution in [3.63, 3.8) is 0 Å². The quantitative estimate of drug-likeness (QED) is 0.670. The Hall–Kier alpha value is -0.320. The zero-order valence-corrected chi connectivity index (χ0v) is 8.34. The van der Waals surface area contributed by atoms with Crippen molar-refractivity contribution >= 4 is 17.5 Å². The molecule has 0 aromatic carbocycles. The van der Waals surface area contributed by atoms with Gasteiger partial charge in [-0.3, -0.25) is 4.79 Å². The molecule has 4 nitrogen and oxygen atoms in total. The Labute approximate surface area is 82.5 Å². The van der Waals surface area contributed by atoms with Crippen LogP contribution >= 0.6 is 11.6 Å². The molecule has 0 radical (unpaired) electrons. The first-order chi connectivity index (χ1) is 6.20. The van der Waals surface area contributed by atoms with Crippen molar-refractivity contribution in [2.75, 3.05) is 26.4 Å². The van der Waals surface area contributed by atoms with Gasteiger partial charge in [0.2, 0.25) is 5.91 Å². The molecule has 1 N–H and O–H groups in total. The smallest absolute Gasteiger partial charge is 0.237 e. The molecule has 0 aromatic rings. The SMILES string of the molecule is CC(Cl)C(=O)NCC1COCCO1. The Morgan fingerprint density at radius 1 is 1.69 bits per heavy atom. The normalized spacial score (nSPS) is 25.2. The monoisotopic (exact) mass is 207 g/mol. The summed E-state index contributed by atoms with van der Waals surface area (Å²) in [5.74, 6) is -0.171. The van der Waals surface area contributed by atoms with Crippen LogP contribution in [0.25, 0.3) is 0 Å². The van der Waals surface area contributed by atoms with Crippen molar-refractivity contribution in [1.29, 1.82) is 0 Å². The second kappa shape index (κ2) is 5.42. The highest BCUT2D eigenvalue weighted by Gasteiger charge is 2.16. The maximum Gasteiger partial charge on any atom is 0.237 e. The molecule has 1 rings (SSSR count). The number of ether oxygens (including phenoxy) is 2. The summed E-state index contributed by atoms with van der Waals surface area (Å²) >= 11 is 5.56. The summed E-state index contributed by atoms with van der Waals surface area (Å²) in [6.45, 7) is 3.87. The van der Waals surface area contributed by atoms with Gasteiger partial charge in [-0.1, -0.05) is 0 Å². The van der Waals surface area contributed by atoms with Crippen LogP contribution in [0.5, 0.6) is 0 Å². The van der Waals surface area contributed by atoms with Gasteiger partial charge >= 0.3 is 0 Å². The van der Waals surface area contributed by atoms with Crippen molar-refractivity contribution in [2.45, 2.75) is 18.4 Å². The van der Waals surface area contributed by atoms with Crippen molar-refractivity contribution in [3.8, 4) is 0 Å². The number of amides is 1. The van der Waals surface area contributed by atoms with Crippen LogP contribution < -0.4 is 5.32 Å². The number of hydrogen-bond donors (Lipinski definition) is 1. The number of rotatable bonds is 3. The molecule has 0 bridgehead atoms. The van der Waals surface area contributed by atoms with Gasteiger partial charge in [0.15, 0.2) is 0 Å². The topological polar surface area (TPSA) is 47.6 Å². The molecule has 5 heteroatoms. The summed E-state index contributed by atoms with van der Waals surface area (Å²) in [5, 5.41) is 2.18. The van der Waals surface area contributed by atoms with E-state index < -0.39 is 5.38 Å².